The van der Waals surface area contributed by atoms with Gasteiger partial charge in [0.2, 0.25) is 0 Å². The number of amides is 1. The lowest BCUT2D eigenvalue weighted by molar-refractivity contribution is 0.102. The summed E-state index contributed by atoms with van der Waals surface area (Å²) in [6.07, 6.45) is 1.98. The molecule has 122 valence electrons. The highest BCUT2D eigenvalue weighted by molar-refractivity contribution is 7.98. The van der Waals surface area contributed by atoms with E-state index in [0.29, 0.717) is 11.5 Å². The molecule has 24 heavy (non-hydrogen) atoms. The molecule has 1 amide bonds. The fourth-order valence-electron chi connectivity index (χ4n) is 2.26. The summed E-state index contributed by atoms with van der Waals surface area (Å²) in [6.45, 7) is 3.97. The van der Waals surface area contributed by atoms with Gasteiger partial charge < -0.3 is 4.42 Å². The first-order valence-corrected chi connectivity index (χ1v) is 8.66. The highest BCUT2D eigenvalue weighted by Gasteiger charge is 2.15. The van der Waals surface area contributed by atoms with E-state index in [1.807, 2.05) is 56.5 Å². The predicted octanol–water partition coefficient (Wildman–Crippen LogP) is 4.33. The van der Waals surface area contributed by atoms with Crippen LogP contribution >= 0.6 is 11.8 Å². The summed E-state index contributed by atoms with van der Waals surface area (Å²) in [6, 6.07) is 13.4. The van der Waals surface area contributed by atoms with Gasteiger partial charge in [0.1, 0.15) is 0 Å². The Kier molecular flexibility index (Phi) is 4.66. The molecular formula is C18H17N3O2S. The Hall–Kier alpha value is -2.60. The number of aromatic nitrogens is 2. The van der Waals surface area contributed by atoms with Gasteiger partial charge in [-0.15, -0.1) is 16.9 Å². The van der Waals surface area contributed by atoms with Crippen LogP contribution in [0.1, 0.15) is 21.5 Å². The third kappa shape index (κ3) is 3.33. The summed E-state index contributed by atoms with van der Waals surface area (Å²) in [4.78, 5) is 13.3. The molecule has 6 heteroatoms. The number of hydrogen-bond donors (Lipinski definition) is 1. The number of carbonyl (C=O) groups excluding carboxylic acids is 1. The highest BCUT2D eigenvalue weighted by atomic mass is 32.2. The van der Waals surface area contributed by atoms with Crippen molar-refractivity contribution < 1.29 is 9.21 Å². The summed E-state index contributed by atoms with van der Waals surface area (Å²) in [7, 11) is 0. The van der Waals surface area contributed by atoms with Gasteiger partial charge >= 0.3 is 6.01 Å². The van der Waals surface area contributed by atoms with Gasteiger partial charge in [0, 0.05) is 10.5 Å². The van der Waals surface area contributed by atoms with Gasteiger partial charge in [0.05, 0.1) is 5.56 Å². The fraction of sp³-hybridized carbons (Fsp3) is 0.167. The van der Waals surface area contributed by atoms with E-state index < -0.39 is 0 Å². The average Bonchev–Trinajstić information content (AvgIpc) is 3.05. The maximum absolute atomic E-state index is 12.3. The molecule has 1 heterocycles. The zero-order valence-electron chi connectivity index (χ0n) is 13.7. The lowest BCUT2D eigenvalue weighted by Crippen LogP contribution is -2.12. The van der Waals surface area contributed by atoms with Crippen molar-refractivity contribution in [3.05, 3.63) is 59.2 Å². The number of hydrogen-bond acceptors (Lipinski definition) is 5. The van der Waals surface area contributed by atoms with Crippen molar-refractivity contribution >= 4 is 23.7 Å². The number of anilines is 1. The molecule has 0 unspecified atom stereocenters. The Bertz CT molecular complexity index is 889. The van der Waals surface area contributed by atoms with E-state index in [9.17, 15) is 4.79 Å². The maximum atomic E-state index is 12.3. The van der Waals surface area contributed by atoms with Crippen LogP contribution in [0.2, 0.25) is 0 Å². The smallest absolute Gasteiger partial charge is 0.322 e. The monoisotopic (exact) mass is 339 g/mol. The molecular weight excluding hydrogens is 322 g/mol. The molecule has 3 aromatic rings. The molecule has 1 aromatic heterocycles. The van der Waals surface area contributed by atoms with Gasteiger partial charge in [0.25, 0.3) is 11.8 Å². The number of rotatable bonds is 4. The molecule has 5 nitrogen and oxygen atoms in total. The van der Waals surface area contributed by atoms with E-state index in [4.69, 9.17) is 4.42 Å². The van der Waals surface area contributed by atoms with Crippen LogP contribution in [-0.4, -0.2) is 22.4 Å². The van der Waals surface area contributed by atoms with Crippen molar-refractivity contribution in [3.8, 4) is 11.5 Å². The highest BCUT2D eigenvalue weighted by Crippen LogP contribution is 2.29. The molecule has 0 radical (unpaired) electrons. The van der Waals surface area contributed by atoms with Gasteiger partial charge in [-0.2, -0.15) is 0 Å². The second-order valence-electron chi connectivity index (χ2n) is 5.37. The first-order chi connectivity index (χ1) is 11.6. The Morgan fingerprint density at radius 2 is 1.88 bits per heavy atom. The summed E-state index contributed by atoms with van der Waals surface area (Å²) < 4.78 is 5.59. The minimum atomic E-state index is -0.272. The molecule has 0 aliphatic carbocycles. The van der Waals surface area contributed by atoms with Crippen LogP contribution in [0.3, 0.4) is 0 Å². The molecule has 0 fully saturated rings. The van der Waals surface area contributed by atoms with Crippen LogP contribution in [0.25, 0.3) is 11.5 Å². The van der Waals surface area contributed by atoms with E-state index in [1.54, 1.807) is 17.8 Å². The Morgan fingerprint density at radius 1 is 1.08 bits per heavy atom. The Balaban J connectivity index is 1.81. The number of carbonyl (C=O) groups is 1. The van der Waals surface area contributed by atoms with Gasteiger partial charge in [0.15, 0.2) is 0 Å². The summed E-state index contributed by atoms with van der Waals surface area (Å²) in [5.41, 5.74) is 3.61. The van der Waals surface area contributed by atoms with Gasteiger partial charge in [-0.3, -0.25) is 10.1 Å². The predicted molar refractivity (Wildman–Crippen MR) is 95.4 cm³/mol. The van der Waals surface area contributed by atoms with Gasteiger partial charge in [-0.1, -0.05) is 23.3 Å². The number of thioether (sulfide) groups is 1. The van der Waals surface area contributed by atoms with Crippen molar-refractivity contribution in [2.45, 2.75) is 18.7 Å². The second kappa shape index (κ2) is 6.88. The molecule has 0 aliphatic heterocycles. The lowest BCUT2D eigenvalue weighted by Gasteiger charge is -2.04. The van der Waals surface area contributed by atoms with Crippen molar-refractivity contribution in [1.29, 1.82) is 0 Å². The van der Waals surface area contributed by atoms with Crippen LogP contribution < -0.4 is 5.32 Å². The van der Waals surface area contributed by atoms with E-state index in [-0.39, 0.29) is 11.9 Å². The molecule has 1 N–H and O–H groups in total. The zero-order chi connectivity index (χ0) is 17.1. The number of aryl methyl sites for hydroxylation is 2. The first kappa shape index (κ1) is 16.3. The zero-order valence-corrected chi connectivity index (χ0v) is 14.5. The van der Waals surface area contributed by atoms with E-state index in [1.165, 1.54) is 0 Å². The van der Waals surface area contributed by atoms with Crippen molar-refractivity contribution in [2.24, 2.45) is 0 Å². The molecule has 3 rings (SSSR count). The topological polar surface area (TPSA) is 68.0 Å². The molecule has 2 aromatic carbocycles. The minimum absolute atomic E-state index is 0.0872. The maximum Gasteiger partial charge on any atom is 0.322 e. The van der Waals surface area contributed by atoms with Crippen LogP contribution in [0, 0.1) is 13.8 Å². The van der Waals surface area contributed by atoms with Gasteiger partial charge in [-0.05, 0) is 55.5 Å². The van der Waals surface area contributed by atoms with Crippen molar-refractivity contribution in [3.63, 3.8) is 0 Å². The summed E-state index contributed by atoms with van der Waals surface area (Å²) in [5.74, 6) is 0.113. The molecule has 0 saturated carbocycles. The van der Waals surface area contributed by atoms with Crippen LogP contribution in [0.5, 0.6) is 0 Å². The fourth-order valence-corrected chi connectivity index (χ4v) is 2.85. The minimum Gasteiger partial charge on any atom is -0.403 e. The summed E-state index contributed by atoms with van der Waals surface area (Å²) in [5, 5.41) is 10.6. The largest absolute Gasteiger partial charge is 0.403 e. The third-order valence-corrected chi connectivity index (χ3v) is 4.55. The van der Waals surface area contributed by atoms with E-state index in [2.05, 4.69) is 15.5 Å². The van der Waals surface area contributed by atoms with E-state index in [0.717, 1.165) is 21.6 Å². The quantitative estimate of drug-likeness (QED) is 0.717. The molecule has 0 saturated heterocycles. The number of nitrogens with one attached hydrogen (secondary N) is 1. The van der Waals surface area contributed by atoms with Crippen LogP contribution in [-0.2, 0) is 0 Å². The number of nitrogens with zero attached hydrogens (tertiary/aromatic N) is 2. The second-order valence-corrected chi connectivity index (χ2v) is 6.21. The Morgan fingerprint density at radius 3 is 2.62 bits per heavy atom. The van der Waals surface area contributed by atoms with Crippen molar-refractivity contribution in [2.75, 3.05) is 11.6 Å². The SMILES string of the molecule is CSc1ccccc1-c1nnc(NC(=O)c2ccc(C)c(C)c2)o1. The molecule has 0 spiro atoms. The summed E-state index contributed by atoms with van der Waals surface area (Å²) >= 11 is 1.60. The first-order valence-electron chi connectivity index (χ1n) is 7.44. The normalized spacial score (nSPS) is 10.6. The molecule has 0 bridgehead atoms. The molecule has 0 aliphatic rings. The average molecular weight is 339 g/mol. The third-order valence-electron chi connectivity index (χ3n) is 3.75. The lowest BCUT2D eigenvalue weighted by atomic mass is 10.1. The number of benzene rings is 2. The van der Waals surface area contributed by atoms with Crippen LogP contribution in [0.4, 0.5) is 6.01 Å². The van der Waals surface area contributed by atoms with E-state index >= 15 is 0 Å². The van der Waals surface area contributed by atoms with Crippen LogP contribution in [0.15, 0.2) is 51.8 Å². The standard InChI is InChI=1S/C18H17N3O2S/c1-11-8-9-13(10-12(11)2)16(22)19-18-21-20-17(23-18)14-6-4-5-7-15(14)24-3/h4-10H,1-3H3,(H,19,21,22). The Labute approximate surface area is 144 Å². The van der Waals surface area contributed by atoms with Gasteiger partial charge in [-0.25, -0.2) is 0 Å². The molecule has 0 atom stereocenters. The van der Waals surface area contributed by atoms with Crippen molar-refractivity contribution in [1.82, 2.24) is 10.2 Å².